The summed E-state index contributed by atoms with van der Waals surface area (Å²) in [6.45, 7) is 3.42. The molecule has 1 N–H and O–H groups in total. The predicted molar refractivity (Wildman–Crippen MR) is 80.5 cm³/mol. The van der Waals surface area contributed by atoms with Crippen molar-refractivity contribution < 1.29 is 13.2 Å². The molecule has 1 saturated heterocycles. The molecule has 4 nitrogen and oxygen atoms in total. The Morgan fingerprint density at radius 3 is 2.70 bits per heavy atom. The van der Waals surface area contributed by atoms with Crippen LogP contribution in [0.2, 0.25) is 0 Å². The Bertz CT molecular complexity index is 495. The SMILES string of the molecule is CCNC(CS(=O)(=O)CC1CCCO1)c1ccccc1. The predicted octanol–water partition coefficient (Wildman–Crippen LogP) is 1.93. The van der Waals surface area contributed by atoms with Crippen molar-refractivity contribution in [3.05, 3.63) is 35.9 Å². The van der Waals surface area contributed by atoms with Crippen LogP contribution in [0, 0.1) is 0 Å². The fourth-order valence-corrected chi connectivity index (χ4v) is 4.37. The molecular weight excluding hydrogens is 274 g/mol. The smallest absolute Gasteiger partial charge is 0.154 e. The zero-order valence-electron chi connectivity index (χ0n) is 11.9. The highest BCUT2D eigenvalue weighted by atomic mass is 32.2. The van der Waals surface area contributed by atoms with Crippen LogP contribution in [-0.4, -0.2) is 39.2 Å². The summed E-state index contributed by atoms with van der Waals surface area (Å²) in [7, 11) is -3.12. The van der Waals surface area contributed by atoms with Gasteiger partial charge in [0.15, 0.2) is 9.84 Å². The van der Waals surface area contributed by atoms with Gasteiger partial charge in [-0.25, -0.2) is 8.42 Å². The fraction of sp³-hybridized carbons (Fsp3) is 0.600. The quantitative estimate of drug-likeness (QED) is 0.835. The molecule has 1 fully saturated rings. The van der Waals surface area contributed by atoms with Crippen LogP contribution < -0.4 is 5.32 Å². The molecule has 2 atom stereocenters. The van der Waals surface area contributed by atoms with Gasteiger partial charge in [0.2, 0.25) is 0 Å². The third-order valence-corrected chi connectivity index (χ3v) is 5.26. The first-order valence-corrected chi connectivity index (χ1v) is 9.03. The van der Waals surface area contributed by atoms with Gasteiger partial charge in [-0.3, -0.25) is 0 Å². The second-order valence-electron chi connectivity index (χ2n) is 5.23. The lowest BCUT2D eigenvalue weighted by Gasteiger charge is -2.19. The average Bonchev–Trinajstić information content (AvgIpc) is 2.91. The van der Waals surface area contributed by atoms with E-state index < -0.39 is 9.84 Å². The second-order valence-corrected chi connectivity index (χ2v) is 7.39. The first-order chi connectivity index (χ1) is 9.61. The normalized spacial score (nSPS) is 20.9. The Labute approximate surface area is 121 Å². The Morgan fingerprint density at radius 1 is 1.35 bits per heavy atom. The summed E-state index contributed by atoms with van der Waals surface area (Å²) in [5.41, 5.74) is 1.02. The summed E-state index contributed by atoms with van der Waals surface area (Å²) in [5.74, 6) is 0.270. The van der Waals surface area contributed by atoms with Crippen LogP contribution in [0.25, 0.3) is 0 Å². The van der Waals surface area contributed by atoms with Gasteiger partial charge in [0.1, 0.15) is 0 Å². The third kappa shape index (κ3) is 4.58. The lowest BCUT2D eigenvalue weighted by atomic mass is 10.1. The lowest BCUT2D eigenvalue weighted by Crippen LogP contribution is -2.31. The first kappa shape index (κ1) is 15.5. The minimum Gasteiger partial charge on any atom is -0.377 e. The minimum atomic E-state index is -3.12. The average molecular weight is 297 g/mol. The van der Waals surface area contributed by atoms with Gasteiger partial charge in [-0.05, 0) is 24.9 Å². The van der Waals surface area contributed by atoms with E-state index in [-0.39, 0.29) is 23.7 Å². The van der Waals surface area contributed by atoms with E-state index in [1.807, 2.05) is 37.3 Å². The van der Waals surface area contributed by atoms with Gasteiger partial charge in [-0.15, -0.1) is 0 Å². The summed E-state index contributed by atoms with van der Waals surface area (Å²) in [4.78, 5) is 0. The highest BCUT2D eigenvalue weighted by Crippen LogP contribution is 2.19. The van der Waals surface area contributed by atoms with Gasteiger partial charge in [0, 0.05) is 12.6 Å². The zero-order valence-corrected chi connectivity index (χ0v) is 12.7. The molecule has 0 spiro atoms. The molecule has 1 heterocycles. The number of hydrogen-bond donors (Lipinski definition) is 1. The van der Waals surface area contributed by atoms with E-state index in [2.05, 4.69) is 5.32 Å². The maximum absolute atomic E-state index is 12.3. The number of rotatable bonds is 7. The van der Waals surface area contributed by atoms with Gasteiger partial charge in [0.05, 0.1) is 17.6 Å². The number of benzene rings is 1. The molecule has 0 aliphatic carbocycles. The van der Waals surface area contributed by atoms with E-state index in [1.54, 1.807) is 0 Å². The Balaban J connectivity index is 2.03. The molecule has 0 saturated carbocycles. The minimum absolute atomic E-state index is 0.113. The molecule has 1 aromatic rings. The van der Waals surface area contributed by atoms with E-state index in [0.29, 0.717) is 6.61 Å². The summed E-state index contributed by atoms with van der Waals surface area (Å²) in [6.07, 6.45) is 1.71. The maximum Gasteiger partial charge on any atom is 0.154 e. The van der Waals surface area contributed by atoms with Crippen LogP contribution in [0.1, 0.15) is 31.4 Å². The van der Waals surface area contributed by atoms with Crippen LogP contribution >= 0.6 is 0 Å². The molecule has 1 aliphatic heterocycles. The van der Waals surface area contributed by atoms with Crippen LogP contribution in [0.4, 0.5) is 0 Å². The molecule has 2 rings (SSSR count). The summed E-state index contributed by atoms with van der Waals surface area (Å²) < 4.78 is 30.1. The fourth-order valence-electron chi connectivity index (χ4n) is 2.59. The lowest BCUT2D eigenvalue weighted by molar-refractivity contribution is 0.127. The second kappa shape index (κ2) is 7.20. The van der Waals surface area contributed by atoms with Crippen LogP contribution in [0.3, 0.4) is 0 Å². The zero-order chi connectivity index (χ0) is 14.4. The molecule has 112 valence electrons. The molecule has 20 heavy (non-hydrogen) atoms. The van der Waals surface area contributed by atoms with Crippen molar-refractivity contribution in [1.29, 1.82) is 0 Å². The van der Waals surface area contributed by atoms with Crippen LogP contribution in [0.5, 0.6) is 0 Å². The van der Waals surface area contributed by atoms with E-state index in [0.717, 1.165) is 24.9 Å². The largest absolute Gasteiger partial charge is 0.377 e. The Hall–Kier alpha value is -0.910. The molecular formula is C15H23NO3S. The van der Waals surface area contributed by atoms with Gasteiger partial charge < -0.3 is 10.1 Å². The van der Waals surface area contributed by atoms with Crippen molar-refractivity contribution in [3.63, 3.8) is 0 Å². The monoisotopic (exact) mass is 297 g/mol. The maximum atomic E-state index is 12.3. The standard InChI is InChI=1S/C15H23NO3S/c1-2-16-15(13-7-4-3-5-8-13)12-20(17,18)11-14-9-6-10-19-14/h3-5,7-8,14-16H,2,6,9-12H2,1H3. The molecule has 0 aromatic heterocycles. The van der Waals surface area contributed by atoms with E-state index >= 15 is 0 Å². The molecule has 1 aromatic carbocycles. The summed E-state index contributed by atoms with van der Waals surface area (Å²) in [5, 5.41) is 3.26. The molecule has 5 heteroatoms. The molecule has 0 radical (unpaired) electrons. The Kier molecular flexibility index (Phi) is 5.57. The van der Waals surface area contributed by atoms with Gasteiger partial charge in [0.25, 0.3) is 0 Å². The van der Waals surface area contributed by atoms with Crippen molar-refractivity contribution >= 4 is 9.84 Å². The highest BCUT2D eigenvalue weighted by molar-refractivity contribution is 7.91. The van der Waals surface area contributed by atoms with Gasteiger partial charge in [-0.2, -0.15) is 0 Å². The van der Waals surface area contributed by atoms with Crippen molar-refractivity contribution in [2.75, 3.05) is 24.7 Å². The van der Waals surface area contributed by atoms with Gasteiger partial charge >= 0.3 is 0 Å². The summed E-state index contributed by atoms with van der Waals surface area (Å²) in [6, 6.07) is 9.60. The van der Waals surface area contributed by atoms with Crippen LogP contribution in [0.15, 0.2) is 30.3 Å². The summed E-state index contributed by atoms with van der Waals surface area (Å²) >= 11 is 0. The molecule has 0 bridgehead atoms. The molecule has 2 unspecified atom stereocenters. The van der Waals surface area contributed by atoms with E-state index in [9.17, 15) is 8.42 Å². The van der Waals surface area contributed by atoms with E-state index in [4.69, 9.17) is 4.74 Å². The number of hydrogen-bond acceptors (Lipinski definition) is 4. The van der Waals surface area contributed by atoms with Crippen molar-refractivity contribution in [1.82, 2.24) is 5.32 Å². The molecule has 1 aliphatic rings. The van der Waals surface area contributed by atoms with Crippen molar-refractivity contribution in [2.24, 2.45) is 0 Å². The van der Waals surface area contributed by atoms with Crippen LogP contribution in [-0.2, 0) is 14.6 Å². The number of ether oxygens (including phenoxy) is 1. The number of nitrogens with one attached hydrogen (secondary N) is 1. The Morgan fingerprint density at radius 2 is 2.10 bits per heavy atom. The molecule has 0 amide bonds. The van der Waals surface area contributed by atoms with E-state index in [1.165, 1.54) is 0 Å². The van der Waals surface area contributed by atoms with Crippen molar-refractivity contribution in [2.45, 2.75) is 31.9 Å². The van der Waals surface area contributed by atoms with Crippen molar-refractivity contribution in [3.8, 4) is 0 Å². The van der Waals surface area contributed by atoms with Gasteiger partial charge in [-0.1, -0.05) is 37.3 Å². The first-order valence-electron chi connectivity index (χ1n) is 7.21. The third-order valence-electron chi connectivity index (χ3n) is 3.54. The highest BCUT2D eigenvalue weighted by Gasteiger charge is 2.26. The topological polar surface area (TPSA) is 55.4 Å². The number of sulfone groups is 1.